The molecule has 1 aliphatic carbocycles. The molecule has 7 heteroatoms. The lowest BCUT2D eigenvalue weighted by Gasteiger charge is -2.27. The van der Waals surface area contributed by atoms with Crippen molar-refractivity contribution in [3.05, 3.63) is 17.0 Å². The van der Waals surface area contributed by atoms with Crippen LogP contribution < -0.4 is 11.1 Å². The zero-order valence-corrected chi connectivity index (χ0v) is 11.6. The van der Waals surface area contributed by atoms with Crippen molar-refractivity contribution in [2.75, 3.05) is 5.32 Å². The van der Waals surface area contributed by atoms with Gasteiger partial charge in [-0.15, -0.1) is 11.3 Å². The molecular weight excluding hydrogens is 280 g/mol. The van der Waals surface area contributed by atoms with Crippen LogP contribution >= 0.6 is 11.3 Å². The van der Waals surface area contributed by atoms with E-state index in [1.807, 2.05) is 0 Å². The number of carboxylic acids is 1. The Kier molecular flexibility index (Phi) is 4.39. The van der Waals surface area contributed by atoms with Crippen molar-refractivity contribution < 1.29 is 19.5 Å². The van der Waals surface area contributed by atoms with Crippen molar-refractivity contribution in [1.29, 1.82) is 0 Å². The number of carboxylic acid groups (broad SMARTS) is 1. The first-order chi connectivity index (χ1) is 9.50. The Hall–Kier alpha value is -1.89. The largest absolute Gasteiger partial charge is 0.481 e. The Labute approximate surface area is 120 Å². The molecule has 4 N–H and O–H groups in total. The topological polar surface area (TPSA) is 109 Å². The minimum absolute atomic E-state index is 0.256. The van der Waals surface area contributed by atoms with Gasteiger partial charge >= 0.3 is 5.97 Å². The molecule has 0 saturated heterocycles. The van der Waals surface area contributed by atoms with Crippen LogP contribution in [0.1, 0.15) is 36.0 Å². The lowest BCUT2D eigenvalue weighted by atomic mass is 9.79. The average molecular weight is 296 g/mol. The molecule has 1 heterocycles. The smallest absolute Gasteiger partial charge is 0.307 e. The maximum absolute atomic E-state index is 12.2. The number of amides is 2. The van der Waals surface area contributed by atoms with Gasteiger partial charge in [-0.2, -0.15) is 0 Å². The van der Waals surface area contributed by atoms with Gasteiger partial charge in [-0.05, 0) is 24.3 Å². The summed E-state index contributed by atoms with van der Waals surface area (Å²) in [4.78, 5) is 34.6. The number of nitrogens with one attached hydrogen (secondary N) is 1. The highest BCUT2D eigenvalue weighted by Gasteiger charge is 2.36. The van der Waals surface area contributed by atoms with Crippen LogP contribution in [0.4, 0.5) is 5.00 Å². The van der Waals surface area contributed by atoms with E-state index in [1.54, 1.807) is 5.38 Å². The first-order valence-corrected chi connectivity index (χ1v) is 7.29. The molecule has 1 aliphatic rings. The summed E-state index contributed by atoms with van der Waals surface area (Å²) in [6.07, 6.45) is 2.74. The van der Waals surface area contributed by atoms with Gasteiger partial charge in [0.2, 0.25) is 5.91 Å². The number of hydrogen-bond acceptors (Lipinski definition) is 4. The Bertz CT molecular complexity index is 540. The Morgan fingerprint density at radius 3 is 2.50 bits per heavy atom. The van der Waals surface area contributed by atoms with E-state index in [0.717, 1.165) is 12.8 Å². The van der Waals surface area contributed by atoms with Crippen molar-refractivity contribution in [3.63, 3.8) is 0 Å². The normalized spacial score (nSPS) is 22.2. The molecule has 108 valence electrons. The van der Waals surface area contributed by atoms with Crippen LogP contribution in [-0.2, 0) is 9.59 Å². The molecule has 20 heavy (non-hydrogen) atoms. The molecule has 2 rings (SSSR count). The van der Waals surface area contributed by atoms with Gasteiger partial charge in [0, 0.05) is 0 Å². The number of aliphatic carboxylic acids is 1. The van der Waals surface area contributed by atoms with Gasteiger partial charge in [0.15, 0.2) is 0 Å². The summed E-state index contributed by atoms with van der Waals surface area (Å²) in [5, 5.41) is 13.9. The Morgan fingerprint density at radius 1 is 1.25 bits per heavy atom. The van der Waals surface area contributed by atoms with Crippen LogP contribution in [0, 0.1) is 11.8 Å². The monoisotopic (exact) mass is 296 g/mol. The summed E-state index contributed by atoms with van der Waals surface area (Å²) in [5.74, 6) is -3.10. The van der Waals surface area contributed by atoms with Crippen molar-refractivity contribution in [3.8, 4) is 0 Å². The molecule has 0 bridgehead atoms. The molecule has 0 aromatic carbocycles. The maximum Gasteiger partial charge on any atom is 0.307 e. The van der Waals surface area contributed by atoms with Crippen LogP contribution in [0.25, 0.3) is 0 Å². The Balaban J connectivity index is 2.12. The SMILES string of the molecule is NC(=O)c1ccsc1NC(=O)[C@@H]1CCCC[C@H]1C(=O)O. The van der Waals surface area contributed by atoms with Crippen LogP contribution in [0.2, 0.25) is 0 Å². The van der Waals surface area contributed by atoms with Crippen molar-refractivity contribution in [2.45, 2.75) is 25.7 Å². The van der Waals surface area contributed by atoms with Gasteiger partial charge in [-0.25, -0.2) is 0 Å². The lowest BCUT2D eigenvalue weighted by Crippen LogP contribution is -2.36. The highest BCUT2D eigenvalue weighted by Crippen LogP contribution is 2.32. The predicted octanol–water partition coefficient (Wildman–Crippen LogP) is 1.68. The molecule has 0 radical (unpaired) electrons. The second kappa shape index (κ2) is 6.04. The third-order valence-electron chi connectivity index (χ3n) is 3.59. The van der Waals surface area contributed by atoms with E-state index >= 15 is 0 Å². The standard InChI is InChI=1S/C13H16N2O4S/c14-10(16)9-5-6-20-12(9)15-11(17)7-3-1-2-4-8(7)13(18)19/h5-8H,1-4H2,(H2,14,16)(H,15,17)(H,18,19)/t7-,8-/m1/s1. The number of carbonyl (C=O) groups is 3. The molecule has 2 atom stereocenters. The number of anilines is 1. The molecule has 1 aromatic rings. The van der Waals surface area contributed by atoms with E-state index in [0.29, 0.717) is 17.8 Å². The van der Waals surface area contributed by atoms with Gasteiger partial charge in [0.25, 0.3) is 5.91 Å². The van der Waals surface area contributed by atoms with Gasteiger partial charge < -0.3 is 16.2 Å². The summed E-state index contributed by atoms with van der Waals surface area (Å²) in [6, 6.07) is 1.54. The average Bonchev–Trinajstić information content (AvgIpc) is 2.87. The molecular formula is C13H16N2O4S. The molecule has 0 unspecified atom stereocenters. The minimum Gasteiger partial charge on any atom is -0.481 e. The van der Waals surface area contributed by atoms with E-state index in [9.17, 15) is 19.5 Å². The van der Waals surface area contributed by atoms with E-state index in [4.69, 9.17) is 5.73 Å². The molecule has 1 saturated carbocycles. The number of rotatable bonds is 4. The zero-order chi connectivity index (χ0) is 14.7. The van der Waals surface area contributed by atoms with Gasteiger partial charge in [0.1, 0.15) is 5.00 Å². The highest BCUT2D eigenvalue weighted by molar-refractivity contribution is 7.14. The first kappa shape index (κ1) is 14.5. The third kappa shape index (κ3) is 2.98. The van der Waals surface area contributed by atoms with Crippen LogP contribution in [0.3, 0.4) is 0 Å². The molecule has 0 aliphatic heterocycles. The van der Waals surface area contributed by atoms with Crippen LogP contribution in [-0.4, -0.2) is 22.9 Å². The zero-order valence-electron chi connectivity index (χ0n) is 10.8. The summed E-state index contributed by atoms with van der Waals surface area (Å²) in [7, 11) is 0. The fourth-order valence-electron chi connectivity index (χ4n) is 2.54. The molecule has 2 amide bonds. The molecule has 1 fully saturated rings. The quantitative estimate of drug-likeness (QED) is 0.785. The maximum atomic E-state index is 12.2. The second-order valence-electron chi connectivity index (χ2n) is 4.85. The number of primary amides is 1. The summed E-state index contributed by atoms with van der Waals surface area (Å²) < 4.78 is 0. The third-order valence-corrected chi connectivity index (χ3v) is 4.42. The molecule has 1 aromatic heterocycles. The lowest BCUT2D eigenvalue weighted by molar-refractivity contribution is -0.147. The van der Waals surface area contributed by atoms with E-state index in [1.165, 1.54) is 17.4 Å². The van der Waals surface area contributed by atoms with E-state index in [-0.39, 0.29) is 11.5 Å². The summed E-state index contributed by atoms with van der Waals surface area (Å²) >= 11 is 1.20. The van der Waals surface area contributed by atoms with Gasteiger partial charge in [-0.3, -0.25) is 14.4 Å². The first-order valence-electron chi connectivity index (χ1n) is 6.41. The fourth-order valence-corrected chi connectivity index (χ4v) is 3.34. The van der Waals surface area contributed by atoms with Crippen LogP contribution in [0.5, 0.6) is 0 Å². The molecule has 6 nitrogen and oxygen atoms in total. The summed E-state index contributed by atoms with van der Waals surface area (Å²) in [5.41, 5.74) is 5.47. The Morgan fingerprint density at radius 2 is 1.90 bits per heavy atom. The predicted molar refractivity (Wildman–Crippen MR) is 74.6 cm³/mol. The van der Waals surface area contributed by atoms with E-state index < -0.39 is 23.7 Å². The highest BCUT2D eigenvalue weighted by atomic mass is 32.1. The number of hydrogen-bond donors (Lipinski definition) is 3. The van der Waals surface area contributed by atoms with Crippen molar-refractivity contribution in [1.82, 2.24) is 0 Å². The van der Waals surface area contributed by atoms with Crippen LogP contribution in [0.15, 0.2) is 11.4 Å². The van der Waals surface area contributed by atoms with Crippen molar-refractivity contribution >= 4 is 34.1 Å². The minimum atomic E-state index is -0.939. The number of thiophene rings is 1. The fraction of sp³-hybridized carbons (Fsp3) is 0.462. The van der Waals surface area contributed by atoms with Gasteiger partial charge in [0.05, 0.1) is 17.4 Å². The number of carbonyl (C=O) groups excluding carboxylic acids is 2. The second-order valence-corrected chi connectivity index (χ2v) is 5.77. The number of nitrogens with two attached hydrogens (primary N) is 1. The molecule has 0 spiro atoms. The summed E-state index contributed by atoms with van der Waals surface area (Å²) in [6.45, 7) is 0. The van der Waals surface area contributed by atoms with Crippen molar-refractivity contribution in [2.24, 2.45) is 17.6 Å². The van der Waals surface area contributed by atoms with Gasteiger partial charge in [-0.1, -0.05) is 12.8 Å². The van der Waals surface area contributed by atoms with E-state index in [2.05, 4.69) is 5.32 Å².